The van der Waals surface area contributed by atoms with E-state index in [1.165, 1.54) is 37.6 Å². The van der Waals surface area contributed by atoms with Gasteiger partial charge in [0.25, 0.3) is 0 Å². The Balaban J connectivity index is 1.86. The molecule has 0 radical (unpaired) electrons. The van der Waals surface area contributed by atoms with Crippen molar-refractivity contribution >= 4 is 29.5 Å². The fourth-order valence-corrected chi connectivity index (χ4v) is 6.14. The van der Waals surface area contributed by atoms with Gasteiger partial charge in [-0.25, -0.2) is 0 Å². The maximum Gasteiger partial charge on any atom is 0.248 e. The molecule has 14 heteroatoms. The second-order valence-corrected chi connectivity index (χ2v) is 13.5. The third kappa shape index (κ3) is 13.7. The lowest BCUT2D eigenvalue weighted by atomic mass is 9.94. The van der Waals surface area contributed by atoms with Crippen LogP contribution in [0.15, 0.2) is 36.4 Å². The monoisotopic (exact) mass is 737 g/mol. The second-order valence-electron chi connectivity index (χ2n) is 13.5. The summed E-state index contributed by atoms with van der Waals surface area (Å²) in [6.45, 7) is 6.68. The highest BCUT2D eigenvalue weighted by Gasteiger charge is 2.32. The van der Waals surface area contributed by atoms with Crippen LogP contribution in [0.3, 0.4) is 0 Å². The average molecular weight is 738 g/mol. The number of hydrogen-bond acceptors (Lipinski definition) is 9. The largest absolute Gasteiger partial charge is 0.492 e. The molecule has 3 rings (SSSR count). The minimum absolute atomic E-state index is 0.227. The molecule has 1 heterocycles. The number of carbonyl (C=O) groups excluding carboxylic acids is 5. The summed E-state index contributed by atoms with van der Waals surface area (Å²) in [5.41, 5.74) is 14.1. The van der Waals surface area contributed by atoms with Crippen molar-refractivity contribution in [3.05, 3.63) is 47.5 Å². The van der Waals surface area contributed by atoms with Gasteiger partial charge in [-0.1, -0.05) is 57.6 Å². The SMILES string of the molecule is CCCCCCCCCNC(=O)CC(=O)NCC(=O)N(C)[C@@H]1C(=O)N[C@@H](C)C(=O)N[C@H](C)Cc2ccc(OCCN)c(c2)-c2cc1ccc2OCCN. The van der Waals surface area contributed by atoms with E-state index in [4.69, 9.17) is 20.9 Å². The molecule has 0 saturated carbocycles. The number of amides is 5. The van der Waals surface area contributed by atoms with E-state index in [9.17, 15) is 24.0 Å². The van der Waals surface area contributed by atoms with Crippen LogP contribution < -0.4 is 42.2 Å². The van der Waals surface area contributed by atoms with Gasteiger partial charge < -0.3 is 47.1 Å². The van der Waals surface area contributed by atoms with Gasteiger partial charge in [0, 0.05) is 43.9 Å². The Morgan fingerprint density at radius 1 is 0.811 bits per heavy atom. The van der Waals surface area contributed by atoms with Gasteiger partial charge in [-0.2, -0.15) is 0 Å². The van der Waals surface area contributed by atoms with Crippen LogP contribution in [0.4, 0.5) is 0 Å². The lowest BCUT2D eigenvalue weighted by Crippen LogP contribution is -2.52. The minimum Gasteiger partial charge on any atom is -0.492 e. The van der Waals surface area contributed by atoms with Gasteiger partial charge in [-0.15, -0.1) is 0 Å². The van der Waals surface area contributed by atoms with Gasteiger partial charge in [0.05, 0.1) is 6.54 Å². The maximum atomic E-state index is 14.0. The summed E-state index contributed by atoms with van der Waals surface area (Å²) in [6.07, 6.45) is 7.85. The number of rotatable bonds is 19. The summed E-state index contributed by atoms with van der Waals surface area (Å²) < 4.78 is 12.1. The molecule has 1 aliphatic heterocycles. The molecule has 0 aromatic heterocycles. The van der Waals surface area contributed by atoms with Crippen LogP contribution in [0.5, 0.6) is 11.5 Å². The Morgan fingerprint density at radius 3 is 2.08 bits per heavy atom. The van der Waals surface area contributed by atoms with E-state index in [1.807, 2.05) is 25.1 Å². The number of unbranched alkanes of at least 4 members (excludes halogenated alkanes) is 6. The van der Waals surface area contributed by atoms with Crippen LogP contribution in [-0.2, 0) is 30.4 Å². The molecule has 5 amide bonds. The third-order valence-corrected chi connectivity index (χ3v) is 8.98. The Kier molecular flexibility index (Phi) is 18.1. The molecular formula is C39H59N7O7. The van der Waals surface area contributed by atoms with E-state index in [-0.39, 0.29) is 38.3 Å². The number of nitrogens with one attached hydrogen (secondary N) is 4. The maximum absolute atomic E-state index is 14.0. The van der Waals surface area contributed by atoms with Crippen molar-refractivity contribution in [3.8, 4) is 22.6 Å². The molecule has 3 atom stereocenters. The van der Waals surface area contributed by atoms with Crippen LogP contribution in [0, 0.1) is 0 Å². The number of fused-ring (bicyclic) bond motifs is 5. The van der Waals surface area contributed by atoms with Crippen molar-refractivity contribution in [1.29, 1.82) is 0 Å². The van der Waals surface area contributed by atoms with Gasteiger partial charge >= 0.3 is 0 Å². The number of ether oxygens (including phenoxy) is 2. The van der Waals surface area contributed by atoms with Crippen molar-refractivity contribution < 1.29 is 33.4 Å². The van der Waals surface area contributed by atoms with Gasteiger partial charge in [-0.05, 0) is 62.1 Å². The predicted octanol–water partition coefficient (Wildman–Crippen LogP) is 2.47. The molecule has 0 unspecified atom stereocenters. The molecule has 2 aromatic rings. The zero-order valence-electron chi connectivity index (χ0n) is 31.8. The molecular weight excluding hydrogens is 678 g/mol. The normalized spacial score (nSPS) is 17.1. The van der Waals surface area contributed by atoms with E-state index in [1.54, 1.807) is 25.1 Å². The van der Waals surface area contributed by atoms with Gasteiger partial charge in [0.1, 0.15) is 43.2 Å². The first-order valence-corrected chi connectivity index (χ1v) is 18.8. The summed E-state index contributed by atoms with van der Waals surface area (Å²) in [6, 6.07) is 8.40. The molecule has 0 saturated heterocycles. The number of carbonyl (C=O) groups is 5. The highest BCUT2D eigenvalue weighted by atomic mass is 16.5. The number of nitrogens with two attached hydrogens (primary N) is 2. The Hall–Kier alpha value is -4.69. The van der Waals surface area contributed by atoms with E-state index in [2.05, 4.69) is 28.2 Å². The molecule has 292 valence electrons. The van der Waals surface area contributed by atoms with Crippen LogP contribution >= 0.6 is 0 Å². The van der Waals surface area contributed by atoms with Crippen molar-refractivity contribution in [2.24, 2.45) is 11.5 Å². The molecule has 8 N–H and O–H groups in total. The molecule has 4 bridgehead atoms. The van der Waals surface area contributed by atoms with Gasteiger partial charge in [-0.3, -0.25) is 24.0 Å². The number of nitrogens with zero attached hydrogens (tertiary/aromatic N) is 1. The lowest BCUT2D eigenvalue weighted by Gasteiger charge is -2.30. The topological polar surface area (TPSA) is 207 Å². The van der Waals surface area contributed by atoms with Crippen molar-refractivity contribution in [2.75, 3.05) is 46.4 Å². The first-order chi connectivity index (χ1) is 25.5. The summed E-state index contributed by atoms with van der Waals surface area (Å²) in [5.74, 6) is -1.61. The quantitative estimate of drug-likeness (QED) is 0.0924. The van der Waals surface area contributed by atoms with Gasteiger partial charge in [0.15, 0.2) is 0 Å². The van der Waals surface area contributed by atoms with E-state index in [0.717, 1.165) is 24.8 Å². The number of benzene rings is 2. The lowest BCUT2D eigenvalue weighted by molar-refractivity contribution is -0.140. The molecule has 14 nitrogen and oxygen atoms in total. The van der Waals surface area contributed by atoms with Crippen LogP contribution in [0.1, 0.15) is 89.3 Å². The number of hydrogen-bond donors (Lipinski definition) is 6. The molecule has 1 aliphatic rings. The molecule has 0 aliphatic carbocycles. The van der Waals surface area contributed by atoms with E-state index in [0.29, 0.717) is 41.2 Å². The van der Waals surface area contributed by atoms with Crippen LogP contribution in [0.25, 0.3) is 11.1 Å². The highest BCUT2D eigenvalue weighted by Crippen LogP contribution is 2.40. The summed E-state index contributed by atoms with van der Waals surface area (Å²) in [5, 5.41) is 11.0. The van der Waals surface area contributed by atoms with Crippen LogP contribution in [0.2, 0.25) is 0 Å². The summed E-state index contributed by atoms with van der Waals surface area (Å²) >= 11 is 0. The standard InChI is InChI=1S/C39H59N7O7/c1-5-6-7-8-9-10-11-18-42-34(47)24-35(48)43-25-36(49)46(4)37-29-13-15-33(53-20-17-41)31(23-29)30-22-28(12-14-32(30)52-19-16-40)21-26(2)44-38(50)27(3)45-39(37)51/h12-15,22-23,26-27,37H,5-11,16-21,24-25,40-41H2,1-4H3,(H,42,47)(H,43,48)(H,44,50)(H,45,51)/t26-,27+,37+/m1/s1. The molecule has 2 aromatic carbocycles. The van der Waals surface area contributed by atoms with Crippen LogP contribution in [-0.4, -0.2) is 93.0 Å². The Bertz CT molecular complexity index is 1540. The second kappa shape index (κ2) is 22.4. The average Bonchev–Trinajstić information content (AvgIpc) is 3.13. The zero-order chi connectivity index (χ0) is 38.8. The molecule has 53 heavy (non-hydrogen) atoms. The van der Waals surface area contributed by atoms with E-state index < -0.39 is 48.7 Å². The summed E-state index contributed by atoms with van der Waals surface area (Å²) in [4.78, 5) is 66.9. The van der Waals surface area contributed by atoms with E-state index >= 15 is 0 Å². The van der Waals surface area contributed by atoms with Crippen molar-refractivity contribution in [1.82, 2.24) is 26.2 Å². The molecule has 0 spiro atoms. The molecule has 0 fully saturated rings. The fraction of sp³-hybridized carbons (Fsp3) is 0.564. The predicted molar refractivity (Wildman–Crippen MR) is 204 cm³/mol. The third-order valence-electron chi connectivity index (χ3n) is 8.98. The summed E-state index contributed by atoms with van der Waals surface area (Å²) in [7, 11) is 1.44. The Labute approximate surface area is 313 Å². The number of likely N-dealkylation sites (N-methyl/N-ethyl adjacent to an activating group) is 1. The van der Waals surface area contributed by atoms with Crippen molar-refractivity contribution in [2.45, 2.75) is 96.7 Å². The first-order valence-electron chi connectivity index (χ1n) is 18.8. The van der Waals surface area contributed by atoms with Crippen molar-refractivity contribution in [3.63, 3.8) is 0 Å². The first kappa shape index (κ1) is 42.7. The smallest absolute Gasteiger partial charge is 0.248 e. The fourth-order valence-electron chi connectivity index (χ4n) is 6.14. The Morgan fingerprint density at radius 2 is 1.42 bits per heavy atom. The minimum atomic E-state index is -1.22. The van der Waals surface area contributed by atoms with Gasteiger partial charge in [0.2, 0.25) is 29.5 Å². The highest BCUT2D eigenvalue weighted by molar-refractivity contribution is 5.99. The zero-order valence-corrected chi connectivity index (χ0v) is 31.8.